The van der Waals surface area contributed by atoms with Crippen LogP contribution in [0.1, 0.15) is 70.1 Å². The number of thioether (sulfide) groups is 3. The number of aromatic nitrogens is 4. The number of carboxylic acid groups (broad SMARTS) is 2. The van der Waals surface area contributed by atoms with Crippen molar-refractivity contribution in [1.29, 1.82) is 0 Å². The first-order valence-electron chi connectivity index (χ1n) is 19.5. The number of aliphatic carboxylic acids is 2. The van der Waals surface area contributed by atoms with Crippen LogP contribution in [0.15, 0.2) is 136 Å². The average molecular weight is 922 g/mol. The van der Waals surface area contributed by atoms with Crippen molar-refractivity contribution in [2.75, 3.05) is 0 Å². The van der Waals surface area contributed by atoms with Gasteiger partial charge in [0.1, 0.15) is 15.3 Å². The van der Waals surface area contributed by atoms with E-state index in [0.29, 0.717) is 5.56 Å². The Morgan fingerprint density at radius 2 is 1.02 bits per heavy atom. The molecule has 4 aromatic heterocycles. The van der Waals surface area contributed by atoms with Crippen LogP contribution >= 0.6 is 47.9 Å². The Morgan fingerprint density at radius 1 is 0.571 bits per heavy atom. The van der Waals surface area contributed by atoms with Crippen LogP contribution in [0.3, 0.4) is 0 Å². The number of hydrogen-bond donors (Lipinski definition) is 4. The first-order chi connectivity index (χ1) is 29.5. The Hall–Kier alpha value is -5.48. The predicted molar refractivity (Wildman–Crippen MR) is 258 cm³/mol. The number of aryl methyl sites for hydroxylation is 2. The van der Waals surface area contributed by atoms with Crippen LogP contribution in [0.4, 0.5) is 0 Å². The highest BCUT2D eigenvalue weighted by molar-refractivity contribution is 8.02. The number of rotatable bonds is 13. The predicted octanol–water partition coefficient (Wildman–Crippen LogP) is 11.0. The van der Waals surface area contributed by atoms with Gasteiger partial charge in [-0.15, -0.1) is 47.9 Å². The van der Waals surface area contributed by atoms with E-state index in [-0.39, 0.29) is 5.78 Å². The van der Waals surface area contributed by atoms with Gasteiger partial charge < -0.3 is 15.9 Å². The summed E-state index contributed by atoms with van der Waals surface area (Å²) in [5.74, 6) is -2.04. The van der Waals surface area contributed by atoms with Crippen LogP contribution in [0, 0.1) is 13.8 Å². The molecule has 15 heteroatoms. The third-order valence-electron chi connectivity index (χ3n) is 9.52. The highest BCUT2D eigenvalue weighted by atomic mass is 32.2. The van der Waals surface area contributed by atoms with Gasteiger partial charge in [0, 0.05) is 96.5 Å². The number of carboxylic acids is 2. The number of nitrogens with zero attached hydrogens (tertiary/aromatic N) is 4. The van der Waals surface area contributed by atoms with Crippen LogP contribution < -0.4 is 5.73 Å². The molecule has 0 saturated carbocycles. The number of nitrogens with two attached hydrogens (primary N) is 1. The smallest absolute Gasteiger partial charge is 0.319 e. The van der Waals surface area contributed by atoms with Gasteiger partial charge in [0.2, 0.25) is 5.91 Å². The second-order valence-electron chi connectivity index (χ2n) is 15.7. The van der Waals surface area contributed by atoms with Gasteiger partial charge in [-0.25, -0.2) is 0 Å². The Balaban J connectivity index is 0.000000208. The van der Waals surface area contributed by atoms with Gasteiger partial charge in [0.05, 0.1) is 4.75 Å². The molecule has 0 aliphatic heterocycles. The maximum Gasteiger partial charge on any atom is 0.319 e. The lowest BCUT2D eigenvalue weighted by atomic mass is 9.99. The van der Waals surface area contributed by atoms with E-state index < -0.39 is 32.1 Å². The first kappa shape index (κ1) is 50.2. The number of hydrogen-bond acceptors (Lipinski definition) is 12. The summed E-state index contributed by atoms with van der Waals surface area (Å²) < 4.78 is -2.30. The lowest BCUT2D eigenvalue weighted by molar-refractivity contribution is -0.139. The topological polar surface area (TPSA) is 186 Å². The number of thiol groups is 1. The monoisotopic (exact) mass is 921 g/mol. The zero-order chi connectivity index (χ0) is 46.7. The number of ketones is 1. The van der Waals surface area contributed by atoms with Crippen molar-refractivity contribution < 1.29 is 29.4 Å². The van der Waals surface area contributed by atoms with Crippen molar-refractivity contribution in [3.8, 4) is 33.4 Å². The summed E-state index contributed by atoms with van der Waals surface area (Å²) in [6.07, 6.45) is 12.1. The molecule has 0 saturated heterocycles. The molecule has 0 atom stereocenters. The molecule has 0 radical (unpaired) electrons. The highest BCUT2D eigenvalue weighted by Gasteiger charge is 2.31. The molecule has 6 rings (SSSR count). The SMILES string of the molecule is CC(=O)C(C)(C)Sc1ccncc1-c1ccc(S)cc1.Cc1cc(C(N)=O)ccc1-c1cnccc1SC(C)(C)C(=O)O.Cc1ccc(-c2cnccc2SC(C)(C)C(=O)O)cn1. The van der Waals surface area contributed by atoms with E-state index in [9.17, 15) is 29.4 Å². The zero-order valence-corrected chi connectivity index (χ0v) is 39.9. The lowest BCUT2D eigenvalue weighted by Crippen LogP contribution is -2.27. The van der Waals surface area contributed by atoms with E-state index >= 15 is 0 Å². The molecule has 2 aromatic carbocycles. The quantitative estimate of drug-likeness (QED) is 0.0634. The Bertz CT molecular complexity index is 2470. The third-order valence-corrected chi connectivity index (χ3v) is 13.7. The fraction of sp³-hybridized carbons (Fsp3) is 0.250. The molecule has 0 aliphatic carbocycles. The van der Waals surface area contributed by atoms with Crippen molar-refractivity contribution in [3.63, 3.8) is 0 Å². The first-order valence-corrected chi connectivity index (χ1v) is 22.4. The third kappa shape index (κ3) is 14.0. The van der Waals surface area contributed by atoms with E-state index in [0.717, 1.165) is 64.2 Å². The van der Waals surface area contributed by atoms with Crippen molar-refractivity contribution in [1.82, 2.24) is 19.9 Å². The average Bonchev–Trinajstić information content (AvgIpc) is 3.22. The van der Waals surface area contributed by atoms with Crippen molar-refractivity contribution in [2.24, 2.45) is 5.73 Å². The fourth-order valence-electron chi connectivity index (χ4n) is 5.42. The van der Waals surface area contributed by atoms with Crippen LogP contribution in [0.5, 0.6) is 0 Å². The molecule has 328 valence electrons. The van der Waals surface area contributed by atoms with Crippen molar-refractivity contribution in [2.45, 2.75) is 96.1 Å². The van der Waals surface area contributed by atoms with E-state index in [1.807, 2.05) is 88.5 Å². The molecular weight excluding hydrogens is 871 g/mol. The Labute approximate surface area is 387 Å². The molecule has 63 heavy (non-hydrogen) atoms. The van der Waals surface area contributed by atoms with Gasteiger partial charge in [-0.2, -0.15) is 0 Å². The maximum atomic E-state index is 11.7. The lowest BCUT2D eigenvalue weighted by Gasteiger charge is -2.22. The summed E-state index contributed by atoms with van der Waals surface area (Å²) in [5, 5.41) is 18.6. The second-order valence-corrected chi connectivity index (χ2v) is 21.3. The Kier molecular flexibility index (Phi) is 17.3. The molecule has 0 spiro atoms. The van der Waals surface area contributed by atoms with E-state index in [1.54, 1.807) is 102 Å². The van der Waals surface area contributed by atoms with Gasteiger partial charge in [0.25, 0.3) is 0 Å². The van der Waals surface area contributed by atoms with Gasteiger partial charge in [0.15, 0.2) is 0 Å². The molecule has 0 bridgehead atoms. The number of carbonyl (C=O) groups is 4. The fourth-order valence-corrected chi connectivity index (χ4v) is 8.76. The summed E-state index contributed by atoms with van der Waals surface area (Å²) in [7, 11) is 0. The second kappa shape index (κ2) is 21.7. The summed E-state index contributed by atoms with van der Waals surface area (Å²) in [4.78, 5) is 66.1. The molecular formula is C48H51N5O6S4. The largest absolute Gasteiger partial charge is 0.480 e. The van der Waals surface area contributed by atoms with Crippen LogP contribution in [0.2, 0.25) is 0 Å². The molecule has 0 aliphatic rings. The minimum Gasteiger partial charge on any atom is -0.480 e. The molecule has 1 amide bonds. The zero-order valence-electron chi connectivity index (χ0n) is 36.5. The van der Waals surface area contributed by atoms with Crippen LogP contribution in [-0.2, 0) is 14.4 Å². The molecule has 0 unspecified atom stereocenters. The maximum absolute atomic E-state index is 11.7. The number of Topliss-reactive ketones (excluding diaryl/α,β-unsaturated/α-hetero) is 1. The molecule has 6 aromatic rings. The van der Waals surface area contributed by atoms with Gasteiger partial charge in [-0.05, 0) is 128 Å². The standard InChI is InChI=1S/C17H18N2O3S.C16H17NOS2.C15H16N2O2S/c1-10-8-11(15(18)20)4-5-12(10)13-9-19-7-6-14(13)23-17(2,3)16(21)22;1-11(18)16(2,3)20-15-8-9-17-10-14(15)12-4-6-13(19)7-5-12;1-10-4-5-11(8-17-10)12-9-16-7-6-13(12)20-15(2,3)14(18)19/h4-9H,1-3H3,(H2,18,20)(H,21,22);4-10,19H,1-3H3;4-9H,1-3H3,(H,18,19). The van der Waals surface area contributed by atoms with Crippen molar-refractivity contribution in [3.05, 3.63) is 133 Å². The normalized spacial score (nSPS) is 11.3. The van der Waals surface area contributed by atoms with Crippen molar-refractivity contribution >= 4 is 71.5 Å². The molecule has 4 N–H and O–H groups in total. The summed E-state index contributed by atoms with van der Waals surface area (Å²) in [5.41, 5.74) is 13.2. The summed E-state index contributed by atoms with van der Waals surface area (Å²) in [6, 6.07) is 22.6. The van der Waals surface area contributed by atoms with E-state index in [2.05, 4.69) is 32.6 Å². The van der Waals surface area contributed by atoms with E-state index in [4.69, 9.17) is 5.73 Å². The number of benzene rings is 2. The minimum absolute atomic E-state index is 0.163. The number of amides is 1. The van der Waals surface area contributed by atoms with E-state index in [1.165, 1.54) is 23.5 Å². The van der Waals surface area contributed by atoms with Crippen LogP contribution in [0.25, 0.3) is 33.4 Å². The molecule has 4 heterocycles. The summed E-state index contributed by atoms with van der Waals surface area (Å²) >= 11 is 8.45. The van der Waals surface area contributed by atoms with Gasteiger partial charge in [-0.3, -0.25) is 39.1 Å². The summed E-state index contributed by atoms with van der Waals surface area (Å²) in [6.45, 7) is 16.0. The number of carbonyl (C=O) groups excluding carboxylic acids is 2. The molecule has 11 nitrogen and oxygen atoms in total. The highest BCUT2D eigenvalue weighted by Crippen LogP contribution is 2.41. The Morgan fingerprint density at radius 3 is 1.44 bits per heavy atom. The number of pyridine rings is 4. The van der Waals surface area contributed by atoms with Gasteiger partial charge in [-0.1, -0.05) is 24.3 Å². The molecule has 0 fully saturated rings. The minimum atomic E-state index is -0.961. The van der Waals surface area contributed by atoms with Gasteiger partial charge >= 0.3 is 11.9 Å². The number of primary amides is 1. The van der Waals surface area contributed by atoms with Crippen LogP contribution in [-0.4, -0.2) is 68.0 Å².